The Labute approximate surface area is 141 Å². The number of fused-ring (bicyclic) bond motifs is 2. The van der Waals surface area contributed by atoms with Crippen LogP contribution in [0.1, 0.15) is 33.5 Å². The van der Waals surface area contributed by atoms with E-state index in [1.54, 1.807) is 0 Å². The molecule has 4 nitrogen and oxygen atoms in total. The van der Waals surface area contributed by atoms with Crippen molar-refractivity contribution in [3.05, 3.63) is 69.9 Å². The van der Waals surface area contributed by atoms with Crippen LogP contribution in [0.4, 0.5) is 17.2 Å². The summed E-state index contributed by atoms with van der Waals surface area (Å²) in [5.41, 5.74) is 9.86. The maximum Gasteiger partial charge on any atom is 0.178 e. The van der Waals surface area contributed by atoms with Crippen molar-refractivity contribution in [1.29, 1.82) is 0 Å². The third kappa shape index (κ3) is 2.22. The molecule has 0 saturated heterocycles. The third-order valence-corrected chi connectivity index (χ3v) is 4.68. The zero-order valence-electron chi connectivity index (χ0n) is 14.4. The zero-order valence-corrected chi connectivity index (χ0v) is 14.4. The first-order chi connectivity index (χ1) is 11.5. The Morgan fingerprint density at radius 1 is 0.833 bits per heavy atom. The maximum atomic E-state index is 5.00. The third-order valence-electron chi connectivity index (χ3n) is 4.68. The standard InChI is InChI=1S/C20H20N4/c1-11-7-5-6-8-15(11)19-16-9-12(2)13(3)10-17(16)21-20-18(22-19)14(4)23-24-20/h5-10H,1-4H3,(H2,21,23,24). The van der Waals surface area contributed by atoms with Gasteiger partial charge in [-0.3, -0.25) is 5.10 Å². The van der Waals surface area contributed by atoms with Crippen molar-refractivity contribution in [3.63, 3.8) is 0 Å². The fourth-order valence-electron chi connectivity index (χ4n) is 3.11. The molecule has 2 aromatic carbocycles. The van der Waals surface area contributed by atoms with Crippen LogP contribution in [0, 0.1) is 27.7 Å². The number of aromatic nitrogens is 2. The van der Waals surface area contributed by atoms with Crippen molar-refractivity contribution >= 4 is 22.9 Å². The van der Waals surface area contributed by atoms with Gasteiger partial charge in [-0.15, -0.1) is 0 Å². The van der Waals surface area contributed by atoms with E-state index in [1.807, 2.05) is 6.92 Å². The Hall–Kier alpha value is -2.88. The van der Waals surface area contributed by atoms with Crippen LogP contribution in [0.2, 0.25) is 0 Å². The molecule has 0 spiro atoms. The second-order valence-corrected chi connectivity index (χ2v) is 6.43. The van der Waals surface area contributed by atoms with E-state index in [9.17, 15) is 0 Å². The highest BCUT2D eigenvalue weighted by molar-refractivity contribution is 6.19. The molecule has 0 atom stereocenters. The first-order valence-electron chi connectivity index (χ1n) is 8.13. The van der Waals surface area contributed by atoms with Gasteiger partial charge in [-0.1, -0.05) is 24.3 Å². The lowest BCUT2D eigenvalue weighted by atomic mass is 9.94. The van der Waals surface area contributed by atoms with E-state index in [-0.39, 0.29) is 0 Å². The summed E-state index contributed by atoms with van der Waals surface area (Å²) in [6, 6.07) is 12.8. The van der Waals surface area contributed by atoms with Gasteiger partial charge >= 0.3 is 0 Å². The number of hydrogen-bond donors (Lipinski definition) is 2. The molecule has 0 saturated carbocycles. The summed E-state index contributed by atoms with van der Waals surface area (Å²) >= 11 is 0. The van der Waals surface area contributed by atoms with Crippen LogP contribution < -0.4 is 5.32 Å². The molecule has 0 amide bonds. The number of anilines is 2. The van der Waals surface area contributed by atoms with E-state index < -0.39 is 0 Å². The van der Waals surface area contributed by atoms with Crippen molar-refractivity contribution in [2.45, 2.75) is 27.7 Å². The Kier molecular flexibility index (Phi) is 3.27. The predicted molar refractivity (Wildman–Crippen MR) is 99.0 cm³/mol. The van der Waals surface area contributed by atoms with Gasteiger partial charge in [0.25, 0.3) is 0 Å². The van der Waals surface area contributed by atoms with Gasteiger partial charge in [0.1, 0.15) is 5.69 Å². The lowest BCUT2D eigenvalue weighted by Crippen LogP contribution is -2.08. The van der Waals surface area contributed by atoms with Crippen LogP contribution in [-0.4, -0.2) is 15.9 Å². The highest BCUT2D eigenvalue weighted by Crippen LogP contribution is 2.37. The highest BCUT2D eigenvalue weighted by Gasteiger charge is 2.22. The van der Waals surface area contributed by atoms with E-state index in [0.717, 1.165) is 39.7 Å². The van der Waals surface area contributed by atoms with Crippen molar-refractivity contribution in [3.8, 4) is 0 Å². The normalized spacial score (nSPS) is 12.8. The summed E-state index contributed by atoms with van der Waals surface area (Å²) in [4.78, 5) is 5.00. The molecule has 2 N–H and O–H groups in total. The van der Waals surface area contributed by atoms with Crippen molar-refractivity contribution in [1.82, 2.24) is 10.2 Å². The summed E-state index contributed by atoms with van der Waals surface area (Å²) in [7, 11) is 0. The molecule has 3 aromatic rings. The number of benzene rings is 2. The molecule has 0 radical (unpaired) electrons. The first kappa shape index (κ1) is 14.7. The Bertz CT molecular complexity index is 979. The molecule has 2 heterocycles. The number of nitrogens with zero attached hydrogens (tertiary/aromatic N) is 2. The van der Waals surface area contributed by atoms with Gasteiger partial charge in [-0.2, -0.15) is 5.10 Å². The van der Waals surface area contributed by atoms with Gasteiger partial charge in [0, 0.05) is 16.8 Å². The van der Waals surface area contributed by atoms with Crippen LogP contribution in [0.5, 0.6) is 0 Å². The average Bonchev–Trinajstić information content (AvgIpc) is 2.81. The minimum atomic E-state index is 0.778. The predicted octanol–water partition coefficient (Wildman–Crippen LogP) is 4.87. The molecule has 0 aliphatic carbocycles. The zero-order chi connectivity index (χ0) is 16.8. The van der Waals surface area contributed by atoms with Crippen molar-refractivity contribution in [2.75, 3.05) is 5.32 Å². The van der Waals surface area contributed by atoms with Crippen molar-refractivity contribution in [2.24, 2.45) is 4.99 Å². The number of nitrogens with one attached hydrogen (secondary N) is 2. The van der Waals surface area contributed by atoms with Gasteiger partial charge in [0.2, 0.25) is 0 Å². The monoisotopic (exact) mass is 316 g/mol. The van der Waals surface area contributed by atoms with Crippen LogP contribution in [-0.2, 0) is 0 Å². The fraction of sp³-hybridized carbons (Fsp3) is 0.200. The Morgan fingerprint density at radius 2 is 1.58 bits per heavy atom. The number of aliphatic imine (C=N–C) groups is 1. The van der Waals surface area contributed by atoms with E-state index in [4.69, 9.17) is 4.99 Å². The lowest BCUT2D eigenvalue weighted by Gasteiger charge is -2.14. The molecule has 4 rings (SSSR count). The first-order valence-corrected chi connectivity index (χ1v) is 8.13. The van der Waals surface area contributed by atoms with Gasteiger partial charge in [0.05, 0.1) is 11.4 Å². The van der Waals surface area contributed by atoms with Gasteiger partial charge in [-0.25, -0.2) is 4.99 Å². The Morgan fingerprint density at radius 3 is 2.38 bits per heavy atom. The summed E-state index contributed by atoms with van der Waals surface area (Å²) < 4.78 is 0. The molecular formula is C20H20N4. The van der Waals surface area contributed by atoms with Gasteiger partial charge in [0.15, 0.2) is 5.82 Å². The number of aryl methyl sites for hydroxylation is 4. The summed E-state index contributed by atoms with van der Waals surface area (Å²) in [6.07, 6.45) is 0. The molecule has 0 bridgehead atoms. The van der Waals surface area contributed by atoms with Crippen LogP contribution >= 0.6 is 0 Å². The average molecular weight is 316 g/mol. The number of aromatic amines is 1. The largest absolute Gasteiger partial charge is 0.336 e. The minimum absolute atomic E-state index is 0.778. The summed E-state index contributed by atoms with van der Waals surface area (Å²) in [6.45, 7) is 8.39. The molecule has 1 aliphatic rings. The highest BCUT2D eigenvalue weighted by atomic mass is 15.2. The van der Waals surface area contributed by atoms with Gasteiger partial charge in [-0.05, 0) is 56.5 Å². The van der Waals surface area contributed by atoms with E-state index >= 15 is 0 Å². The summed E-state index contributed by atoms with van der Waals surface area (Å²) in [5.74, 6) is 0.778. The second-order valence-electron chi connectivity index (χ2n) is 6.43. The van der Waals surface area contributed by atoms with Gasteiger partial charge < -0.3 is 5.32 Å². The summed E-state index contributed by atoms with van der Waals surface area (Å²) in [5, 5.41) is 10.9. The van der Waals surface area contributed by atoms with E-state index in [2.05, 4.69) is 72.7 Å². The molecule has 0 fully saturated rings. The number of H-pyrrole nitrogens is 1. The minimum Gasteiger partial charge on any atom is -0.336 e. The van der Waals surface area contributed by atoms with Crippen LogP contribution in [0.3, 0.4) is 0 Å². The fourth-order valence-corrected chi connectivity index (χ4v) is 3.11. The van der Waals surface area contributed by atoms with E-state index in [0.29, 0.717) is 0 Å². The molecule has 4 heteroatoms. The molecular weight excluding hydrogens is 296 g/mol. The molecule has 1 aromatic heterocycles. The molecule has 1 aliphatic heterocycles. The quantitative estimate of drug-likeness (QED) is 0.526. The van der Waals surface area contributed by atoms with E-state index in [1.165, 1.54) is 16.7 Å². The maximum absolute atomic E-state index is 5.00. The number of hydrogen-bond acceptors (Lipinski definition) is 3. The smallest absolute Gasteiger partial charge is 0.178 e. The Balaban J connectivity index is 2.06. The van der Waals surface area contributed by atoms with Crippen molar-refractivity contribution < 1.29 is 0 Å². The topological polar surface area (TPSA) is 53.1 Å². The molecule has 120 valence electrons. The SMILES string of the molecule is Cc1cc2c(cc1C)C(c1ccccc1C)=Nc1c(n[nH]c1C)N2. The number of rotatable bonds is 1. The molecule has 0 unspecified atom stereocenters. The lowest BCUT2D eigenvalue weighted by molar-refractivity contribution is 1.05. The van der Waals surface area contributed by atoms with Crippen LogP contribution in [0.25, 0.3) is 0 Å². The molecule has 24 heavy (non-hydrogen) atoms. The van der Waals surface area contributed by atoms with Crippen LogP contribution in [0.15, 0.2) is 41.4 Å². The second kappa shape index (κ2) is 5.34.